The highest BCUT2D eigenvalue weighted by Crippen LogP contribution is 2.38. The SMILES string of the molecule is CCOC(=O)c1c(NC(=O)C(=O)N/N=C\c2ccc(OC(=O)c3ccc(Cl)cc3)cc2OC(=O)c2ccc(Cl)cc2)sc2c1CCCC2. The maximum absolute atomic E-state index is 12.9. The summed E-state index contributed by atoms with van der Waals surface area (Å²) in [5.41, 5.74) is 3.86. The molecule has 48 heavy (non-hydrogen) atoms. The summed E-state index contributed by atoms with van der Waals surface area (Å²) in [7, 11) is 0. The van der Waals surface area contributed by atoms with Gasteiger partial charge >= 0.3 is 29.7 Å². The average Bonchev–Trinajstić information content (AvgIpc) is 3.44. The summed E-state index contributed by atoms with van der Waals surface area (Å²) in [6.45, 7) is 1.85. The number of amides is 2. The van der Waals surface area contributed by atoms with Gasteiger partial charge in [-0.2, -0.15) is 5.10 Å². The minimum absolute atomic E-state index is 0.0467. The van der Waals surface area contributed by atoms with Gasteiger partial charge in [-0.25, -0.2) is 19.8 Å². The third-order valence-electron chi connectivity index (χ3n) is 7.01. The van der Waals surface area contributed by atoms with E-state index in [-0.39, 0.29) is 45.4 Å². The predicted molar refractivity (Wildman–Crippen MR) is 181 cm³/mol. The van der Waals surface area contributed by atoms with Crippen molar-refractivity contribution >= 4 is 75.5 Å². The van der Waals surface area contributed by atoms with Crippen LogP contribution in [0.5, 0.6) is 11.5 Å². The minimum atomic E-state index is -1.11. The molecule has 0 radical (unpaired) electrons. The second-order valence-electron chi connectivity index (χ2n) is 10.3. The molecule has 1 aromatic heterocycles. The van der Waals surface area contributed by atoms with Gasteiger partial charge in [0.2, 0.25) is 0 Å². The number of nitrogens with zero attached hydrogens (tertiary/aromatic N) is 1. The lowest BCUT2D eigenvalue weighted by atomic mass is 9.95. The highest BCUT2D eigenvalue weighted by molar-refractivity contribution is 7.17. The number of thiophene rings is 1. The van der Waals surface area contributed by atoms with Crippen molar-refractivity contribution in [2.24, 2.45) is 5.10 Å². The quantitative estimate of drug-likeness (QED) is 0.0647. The lowest BCUT2D eigenvalue weighted by Gasteiger charge is -2.12. The van der Waals surface area contributed by atoms with Crippen LogP contribution >= 0.6 is 34.5 Å². The van der Waals surface area contributed by atoms with Gasteiger partial charge in [-0.15, -0.1) is 11.3 Å². The number of aryl methyl sites for hydroxylation is 1. The summed E-state index contributed by atoms with van der Waals surface area (Å²) in [5.74, 6) is -4.17. The Bertz CT molecular complexity index is 1910. The van der Waals surface area contributed by atoms with Gasteiger partial charge in [-0.05, 0) is 98.8 Å². The molecule has 5 rings (SSSR count). The topological polar surface area (TPSA) is 149 Å². The van der Waals surface area contributed by atoms with E-state index < -0.39 is 29.7 Å². The molecule has 246 valence electrons. The van der Waals surface area contributed by atoms with Crippen molar-refractivity contribution in [2.45, 2.75) is 32.6 Å². The minimum Gasteiger partial charge on any atom is -0.462 e. The van der Waals surface area contributed by atoms with E-state index in [2.05, 4.69) is 15.8 Å². The molecule has 0 fully saturated rings. The molecule has 1 aliphatic carbocycles. The lowest BCUT2D eigenvalue weighted by Crippen LogP contribution is -2.32. The zero-order valence-corrected chi connectivity index (χ0v) is 27.7. The first kappa shape index (κ1) is 34.3. The number of halogens is 2. The molecule has 4 aromatic rings. The molecule has 0 saturated heterocycles. The first-order valence-electron chi connectivity index (χ1n) is 14.7. The van der Waals surface area contributed by atoms with Crippen molar-refractivity contribution in [3.63, 3.8) is 0 Å². The Hall–Kier alpha value is -5.04. The van der Waals surface area contributed by atoms with Crippen LogP contribution in [0, 0.1) is 0 Å². The number of fused-ring (bicyclic) bond motifs is 1. The van der Waals surface area contributed by atoms with Gasteiger partial charge in [-0.3, -0.25) is 9.59 Å². The van der Waals surface area contributed by atoms with Gasteiger partial charge in [-0.1, -0.05) is 23.2 Å². The van der Waals surface area contributed by atoms with E-state index in [0.29, 0.717) is 16.5 Å². The molecule has 0 saturated carbocycles. The maximum Gasteiger partial charge on any atom is 0.343 e. The van der Waals surface area contributed by atoms with Crippen molar-refractivity contribution in [2.75, 3.05) is 11.9 Å². The molecule has 1 aliphatic rings. The molecule has 11 nitrogen and oxygen atoms in total. The van der Waals surface area contributed by atoms with E-state index in [1.165, 1.54) is 65.9 Å². The number of carbonyl (C=O) groups is 5. The summed E-state index contributed by atoms with van der Waals surface area (Å²) in [4.78, 5) is 64.7. The Balaban J connectivity index is 1.32. The van der Waals surface area contributed by atoms with Crippen LogP contribution in [0.4, 0.5) is 5.00 Å². The normalized spacial score (nSPS) is 12.1. The third-order valence-corrected chi connectivity index (χ3v) is 8.72. The summed E-state index contributed by atoms with van der Waals surface area (Å²) < 4.78 is 16.2. The smallest absolute Gasteiger partial charge is 0.343 e. The van der Waals surface area contributed by atoms with Crippen molar-refractivity contribution in [1.29, 1.82) is 0 Å². The molecule has 0 atom stereocenters. The number of rotatable bonds is 9. The van der Waals surface area contributed by atoms with E-state index in [9.17, 15) is 24.0 Å². The Labute approximate surface area is 288 Å². The standard InChI is InChI=1S/C34H27Cl2N3O8S/c1-2-45-34(44)28-25-5-3-4-6-27(25)48-31(28)38-29(40)30(41)39-37-18-21-11-16-24(46-32(42)19-7-12-22(35)13-8-19)17-26(21)47-33(43)20-9-14-23(36)15-10-20/h7-18H,2-6H2,1H3,(H,38,40)(H,39,41)/b37-18-. The molecular formula is C34H27Cl2N3O8S. The summed E-state index contributed by atoms with van der Waals surface area (Å²) in [6.07, 6.45) is 4.45. The van der Waals surface area contributed by atoms with Crippen molar-refractivity contribution in [3.8, 4) is 11.5 Å². The zero-order valence-electron chi connectivity index (χ0n) is 25.3. The zero-order chi connectivity index (χ0) is 34.2. The molecular weight excluding hydrogens is 681 g/mol. The van der Waals surface area contributed by atoms with E-state index in [1.807, 2.05) is 0 Å². The summed E-state index contributed by atoms with van der Waals surface area (Å²) in [6, 6.07) is 16.2. The largest absolute Gasteiger partial charge is 0.462 e. The monoisotopic (exact) mass is 707 g/mol. The maximum atomic E-state index is 12.9. The van der Waals surface area contributed by atoms with Gasteiger partial charge in [0, 0.05) is 26.6 Å². The number of anilines is 1. The number of benzene rings is 3. The number of esters is 3. The average molecular weight is 709 g/mol. The molecule has 2 amide bonds. The van der Waals surface area contributed by atoms with Crippen LogP contribution in [0.3, 0.4) is 0 Å². The number of hydrogen-bond donors (Lipinski definition) is 2. The number of hydrogen-bond acceptors (Lipinski definition) is 10. The van der Waals surface area contributed by atoms with E-state index in [1.54, 1.807) is 19.1 Å². The third kappa shape index (κ3) is 8.45. The van der Waals surface area contributed by atoms with Crippen LogP contribution in [-0.2, 0) is 27.2 Å². The molecule has 1 heterocycles. The van der Waals surface area contributed by atoms with E-state index in [4.69, 9.17) is 37.4 Å². The van der Waals surface area contributed by atoms with Crippen molar-refractivity contribution in [1.82, 2.24) is 5.43 Å². The summed E-state index contributed by atoms with van der Waals surface area (Å²) in [5, 5.41) is 7.48. The molecule has 0 aliphatic heterocycles. The summed E-state index contributed by atoms with van der Waals surface area (Å²) >= 11 is 13.1. The van der Waals surface area contributed by atoms with Gasteiger partial charge in [0.25, 0.3) is 0 Å². The van der Waals surface area contributed by atoms with Gasteiger partial charge < -0.3 is 19.5 Å². The van der Waals surface area contributed by atoms with Gasteiger partial charge in [0.15, 0.2) is 0 Å². The van der Waals surface area contributed by atoms with Crippen LogP contribution in [0.1, 0.15) is 66.8 Å². The Morgan fingerprint density at radius 2 is 1.44 bits per heavy atom. The highest BCUT2D eigenvalue weighted by atomic mass is 35.5. The second-order valence-corrected chi connectivity index (χ2v) is 12.3. The number of nitrogens with one attached hydrogen (secondary N) is 2. The number of ether oxygens (including phenoxy) is 3. The molecule has 3 aromatic carbocycles. The molecule has 2 N–H and O–H groups in total. The fourth-order valence-corrected chi connectivity index (χ4v) is 6.24. The first-order valence-corrected chi connectivity index (χ1v) is 16.3. The predicted octanol–water partition coefficient (Wildman–Crippen LogP) is 6.64. The van der Waals surface area contributed by atoms with Crippen molar-refractivity contribution < 1.29 is 38.2 Å². The van der Waals surface area contributed by atoms with Gasteiger partial charge in [0.05, 0.1) is 29.5 Å². The highest BCUT2D eigenvalue weighted by Gasteiger charge is 2.28. The second kappa shape index (κ2) is 15.7. The molecule has 0 spiro atoms. The number of hydrazone groups is 1. The van der Waals surface area contributed by atoms with Crippen LogP contribution in [0.15, 0.2) is 71.8 Å². The fourth-order valence-electron chi connectivity index (χ4n) is 4.71. The van der Waals surface area contributed by atoms with Crippen LogP contribution in [-0.4, -0.2) is 42.5 Å². The first-order chi connectivity index (χ1) is 23.1. The Morgan fingerprint density at radius 3 is 2.08 bits per heavy atom. The van der Waals surface area contributed by atoms with Crippen LogP contribution in [0.25, 0.3) is 0 Å². The number of carbonyl (C=O) groups excluding carboxylic acids is 5. The Morgan fingerprint density at radius 1 is 0.812 bits per heavy atom. The van der Waals surface area contributed by atoms with Crippen LogP contribution in [0.2, 0.25) is 10.0 Å². The van der Waals surface area contributed by atoms with Crippen molar-refractivity contribution in [3.05, 3.63) is 109 Å². The Kier molecular flexibility index (Phi) is 11.2. The van der Waals surface area contributed by atoms with E-state index in [0.717, 1.165) is 35.9 Å². The van der Waals surface area contributed by atoms with Crippen LogP contribution < -0.4 is 20.2 Å². The molecule has 0 bridgehead atoms. The molecule has 0 unspecified atom stereocenters. The lowest BCUT2D eigenvalue weighted by molar-refractivity contribution is -0.136. The van der Waals surface area contributed by atoms with E-state index >= 15 is 0 Å². The fraction of sp³-hybridized carbons (Fsp3) is 0.176. The van der Waals surface area contributed by atoms with Gasteiger partial charge in [0.1, 0.15) is 16.5 Å². The molecule has 14 heteroatoms.